The van der Waals surface area contributed by atoms with Crippen molar-refractivity contribution in [2.75, 3.05) is 13.7 Å². The van der Waals surface area contributed by atoms with E-state index in [2.05, 4.69) is 5.32 Å². The van der Waals surface area contributed by atoms with Crippen LogP contribution in [0.4, 0.5) is 0 Å². The van der Waals surface area contributed by atoms with E-state index in [9.17, 15) is 9.59 Å². The lowest BCUT2D eigenvalue weighted by Gasteiger charge is -2.29. The van der Waals surface area contributed by atoms with Gasteiger partial charge in [-0.25, -0.2) is 0 Å². The average Bonchev–Trinajstić information content (AvgIpc) is 2.29. The molecule has 0 saturated carbocycles. The van der Waals surface area contributed by atoms with Crippen molar-refractivity contribution in [1.82, 2.24) is 5.32 Å². The van der Waals surface area contributed by atoms with E-state index in [1.54, 1.807) is 19.2 Å². The third-order valence-electron chi connectivity index (χ3n) is 2.79. The number of hydrogen-bond acceptors (Lipinski definition) is 3. The Balaban J connectivity index is 2.91. The first-order chi connectivity index (χ1) is 7.55. The summed E-state index contributed by atoms with van der Waals surface area (Å²) in [5, 5.41) is 11.5. The lowest BCUT2D eigenvalue weighted by Crippen LogP contribution is -2.39. The van der Waals surface area contributed by atoms with Crippen LogP contribution in [-0.4, -0.2) is 30.6 Å². The number of aliphatic hydroxyl groups excluding tert-OH is 1. The van der Waals surface area contributed by atoms with Gasteiger partial charge in [-0.3, -0.25) is 9.59 Å². The molecule has 0 bridgehead atoms. The molecule has 0 radical (unpaired) electrons. The van der Waals surface area contributed by atoms with Gasteiger partial charge in [-0.2, -0.15) is 0 Å². The average molecular weight is 224 g/mol. The topological polar surface area (TPSA) is 92.4 Å². The van der Waals surface area contributed by atoms with Crippen LogP contribution in [0.15, 0.2) is 23.8 Å². The number of amides is 2. The third kappa shape index (κ3) is 2.30. The van der Waals surface area contributed by atoms with E-state index in [4.69, 9.17) is 10.8 Å². The van der Waals surface area contributed by atoms with Crippen molar-refractivity contribution in [3.05, 3.63) is 23.8 Å². The summed E-state index contributed by atoms with van der Waals surface area (Å²) in [6, 6.07) is 0. The monoisotopic (exact) mass is 224 g/mol. The molecule has 1 aliphatic rings. The number of aliphatic hydroxyl groups is 1. The Kier molecular flexibility index (Phi) is 3.84. The third-order valence-corrected chi connectivity index (χ3v) is 2.79. The van der Waals surface area contributed by atoms with Crippen LogP contribution in [0.25, 0.3) is 0 Å². The molecular formula is C11H16N2O3. The van der Waals surface area contributed by atoms with Crippen LogP contribution in [-0.2, 0) is 9.59 Å². The number of allylic oxidation sites excluding steroid dienone is 1. The van der Waals surface area contributed by atoms with Gasteiger partial charge in [0.25, 0.3) is 0 Å². The Morgan fingerprint density at radius 1 is 1.62 bits per heavy atom. The first-order valence-electron chi connectivity index (χ1n) is 5.08. The van der Waals surface area contributed by atoms with E-state index in [0.717, 1.165) is 0 Å². The molecule has 0 heterocycles. The maximum atomic E-state index is 11.7. The van der Waals surface area contributed by atoms with Gasteiger partial charge < -0.3 is 16.2 Å². The molecule has 0 fully saturated rings. The second kappa shape index (κ2) is 4.94. The van der Waals surface area contributed by atoms with Gasteiger partial charge in [-0.15, -0.1) is 0 Å². The Hall–Kier alpha value is -1.62. The zero-order chi connectivity index (χ0) is 12.2. The fourth-order valence-corrected chi connectivity index (χ4v) is 1.78. The van der Waals surface area contributed by atoms with E-state index in [1.165, 1.54) is 6.08 Å². The quantitative estimate of drug-likeness (QED) is 0.599. The summed E-state index contributed by atoms with van der Waals surface area (Å²) in [6.45, 7) is -0.0858. The van der Waals surface area contributed by atoms with Crippen LogP contribution in [0, 0.1) is 5.41 Å². The molecular weight excluding hydrogens is 208 g/mol. The SMILES string of the molecule is CNC(=O)C1(CCO)C=CC(C(N)=O)=CC1. The molecule has 1 rings (SSSR count). The normalized spacial score (nSPS) is 23.8. The summed E-state index contributed by atoms with van der Waals surface area (Å²) >= 11 is 0. The fourth-order valence-electron chi connectivity index (χ4n) is 1.78. The van der Waals surface area contributed by atoms with E-state index in [-0.39, 0.29) is 12.5 Å². The molecule has 0 aromatic rings. The summed E-state index contributed by atoms with van der Waals surface area (Å²) < 4.78 is 0. The Morgan fingerprint density at radius 2 is 2.31 bits per heavy atom. The van der Waals surface area contributed by atoms with Gasteiger partial charge in [0.1, 0.15) is 0 Å². The summed E-state index contributed by atoms with van der Waals surface area (Å²) in [4.78, 5) is 22.7. The summed E-state index contributed by atoms with van der Waals surface area (Å²) in [7, 11) is 1.54. The smallest absolute Gasteiger partial charge is 0.248 e. The van der Waals surface area contributed by atoms with Gasteiger partial charge in [0, 0.05) is 19.2 Å². The van der Waals surface area contributed by atoms with Crippen LogP contribution < -0.4 is 11.1 Å². The van der Waals surface area contributed by atoms with Crippen molar-refractivity contribution < 1.29 is 14.7 Å². The van der Waals surface area contributed by atoms with Crippen LogP contribution in [0.3, 0.4) is 0 Å². The second-order valence-electron chi connectivity index (χ2n) is 3.77. The molecule has 0 aromatic heterocycles. The summed E-state index contributed by atoms with van der Waals surface area (Å²) in [6.07, 6.45) is 5.51. The van der Waals surface area contributed by atoms with Crippen molar-refractivity contribution in [2.45, 2.75) is 12.8 Å². The maximum Gasteiger partial charge on any atom is 0.248 e. The number of carbonyl (C=O) groups excluding carboxylic acids is 2. The molecule has 4 N–H and O–H groups in total. The van der Waals surface area contributed by atoms with E-state index in [0.29, 0.717) is 18.4 Å². The standard InChI is InChI=1S/C11H16N2O3/c1-13-10(16)11(6-7-14)4-2-8(3-5-11)9(12)15/h2-4,14H,5-7H2,1H3,(H2,12,15)(H,13,16). The number of hydrogen-bond donors (Lipinski definition) is 3. The van der Waals surface area contributed by atoms with E-state index in [1.807, 2.05) is 0 Å². The van der Waals surface area contributed by atoms with Crippen molar-refractivity contribution in [3.8, 4) is 0 Å². The molecule has 1 aliphatic carbocycles. The van der Waals surface area contributed by atoms with Crippen LogP contribution in [0.1, 0.15) is 12.8 Å². The highest BCUT2D eigenvalue weighted by Crippen LogP contribution is 2.33. The number of rotatable bonds is 4. The maximum absolute atomic E-state index is 11.7. The first-order valence-corrected chi connectivity index (χ1v) is 5.08. The van der Waals surface area contributed by atoms with E-state index >= 15 is 0 Å². The van der Waals surface area contributed by atoms with Gasteiger partial charge in [-0.05, 0) is 12.8 Å². The number of nitrogens with two attached hydrogens (primary N) is 1. The lowest BCUT2D eigenvalue weighted by molar-refractivity contribution is -0.128. The minimum absolute atomic E-state index is 0.0858. The molecule has 1 atom stereocenters. The zero-order valence-corrected chi connectivity index (χ0v) is 9.19. The molecule has 0 aliphatic heterocycles. The largest absolute Gasteiger partial charge is 0.396 e. The molecule has 5 heteroatoms. The summed E-state index contributed by atoms with van der Waals surface area (Å²) in [5.41, 5.74) is 4.77. The van der Waals surface area contributed by atoms with Crippen molar-refractivity contribution in [3.63, 3.8) is 0 Å². The Bertz CT molecular complexity index is 360. The molecule has 16 heavy (non-hydrogen) atoms. The van der Waals surface area contributed by atoms with Crippen LogP contribution in [0.2, 0.25) is 0 Å². The Morgan fingerprint density at radius 3 is 2.69 bits per heavy atom. The van der Waals surface area contributed by atoms with Gasteiger partial charge in [0.05, 0.1) is 5.41 Å². The Labute approximate surface area is 94.0 Å². The molecule has 0 saturated heterocycles. The molecule has 1 unspecified atom stereocenters. The highest BCUT2D eigenvalue weighted by atomic mass is 16.3. The van der Waals surface area contributed by atoms with Gasteiger partial charge in [-0.1, -0.05) is 18.2 Å². The molecule has 2 amide bonds. The fraction of sp³-hybridized carbons (Fsp3) is 0.455. The zero-order valence-electron chi connectivity index (χ0n) is 9.19. The minimum atomic E-state index is -0.761. The number of carbonyl (C=O) groups is 2. The van der Waals surface area contributed by atoms with E-state index < -0.39 is 11.3 Å². The predicted molar refractivity (Wildman–Crippen MR) is 59.2 cm³/mol. The van der Waals surface area contributed by atoms with Crippen molar-refractivity contribution in [2.24, 2.45) is 11.1 Å². The van der Waals surface area contributed by atoms with Gasteiger partial charge in [0.15, 0.2) is 0 Å². The summed E-state index contributed by atoms with van der Waals surface area (Å²) in [5.74, 6) is -0.677. The molecule has 5 nitrogen and oxygen atoms in total. The van der Waals surface area contributed by atoms with Crippen LogP contribution >= 0.6 is 0 Å². The van der Waals surface area contributed by atoms with Crippen molar-refractivity contribution in [1.29, 1.82) is 0 Å². The molecule has 0 spiro atoms. The number of nitrogens with one attached hydrogen (secondary N) is 1. The highest BCUT2D eigenvalue weighted by molar-refractivity contribution is 5.96. The highest BCUT2D eigenvalue weighted by Gasteiger charge is 2.35. The second-order valence-corrected chi connectivity index (χ2v) is 3.77. The first kappa shape index (κ1) is 12.4. The van der Waals surface area contributed by atoms with Crippen LogP contribution in [0.5, 0.6) is 0 Å². The van der Waals surface area contributed by atoms with Crippen molar-refractivity contribution >= 4 is 11.8 Å². The molecule has 0 aromatic carbocycles. The molecule has 88 valence electrons. The van der Waals surface area contributed by atoms with Gasteiger partial charge in [0.2, 0.25) is 11.8 Å². The number of primary amides is 1. The minimum Gasteiger partial charge on any atom is -0.396 e. The predicted octanol–water partition coefficient (Wildman–Crippen LogP) is -0.527. The lowest BCUT2D eigenvalue weighted by atomic mass is 9.76. The van der Waals surface area contributed by atoms with Gasteiger partial charge >= 0.3 is 0 Å².